The molecule has 1 rings (SSSR count). The van der Waals surface area contributed by atoms with Gasteiger partial charge >= 0.3 is 5.97 Å². The minimum absolute atomic E-state index is 0.372. The fraction of sp³-hybridized carbons (Fsp3) is 0.417. The summed E-state index contributed by atoms with van der Waals surface area (Å²) in [6.07, 6.45) is -1.33. The molecule has 3 N–H and O–H groups in total. The number of rotatable bonds is 2. The first-order valence-electron chi connectivity index (χ1n) is 5.06. The molecule has 0 saturated heterocycles. The summed E-state index contributed by atoms with van der Waals surface area (Å²) in [6.45, 7) is 5.23. The molecular weight excluding hydrogens is 206 g/mol. The SMILES string of the molecule is CC(C)(C)OC(=O)C(O)c1ccccc1N. The van der Waals surface area contributed by atoms with Crippen molar-refractivity contribution >= 4 is 11.7 Å². The highest BCUT2D eigenvalue weighted by molar-refractivity contribution is 5.78. The van der Waals surface area contributed by atoms with Gasteiger partial charge < -0.3 is 15.6 Å². The van der Waals surface area contributed by atoms with Crippen LogP contribution in [-0.4, -0.2) is 16.7 Å². The van der Waals surface area contributed by atoms with E-state index in [9.17, 15) is 9.90 Å². The molecule has 1 aromatic carbocycles. The summed E-state index contributed by atoms with van der Waals surface area (Å²) in [5, 5.41) is 9.78. The number of aliphatic hydroxyl groups is 1. The molecule has 0 saturated carbocycles. The summed E-state index contributed by atoms with van der Waals surface area (Å²) >= 11 is 0. The van der Waals surface area contributed by atoms with E-state index in [1.807, 2.05) is 0 Å². The fourth-order valence-electron chi connectivity index (χ4n) is 1.24. The standard InChI is InChI=1S/C12H17NO3/c1-12(2,3)16-11(15)10(14)8-6-4-5-7-9(8)13/h4-7,10,14H,13H2,1-3H3. The predicted octanol–water partition coefficient (Wildman–Crippen LogP) is 1.64. The Morgan fingerprint density at radius 3 is 2.44 bits per heavy atom. The molecule has 4 nitrogen and oxygen atoms in total. The lowest BCUT2D eigenvalue weighted by Crippen LogP contribution is -2.28. The van der Waals surface area contributed by atoms with Gasteiger partial charge in [0.1, 0.15) is 5.60 Å². The Hall–Kier alpha value is -1.55. The number of hydrogen-bond donors (Lipinski definition) is 2. The van der Waals surface area contributed by atoms with Crippen LogP contribution in [0.4, 0.5) is 5.69 Å². The molecule has 0 aromatic heterocycles. The van der Waals surface area contributed by atoms with Crippen molar-refractivity contribution in [3.05, 3.63) is 29.8 Å². The quantitative estimate of drug-likeness (QED) is 0.590. The number of anilines is 1. The minimum Gasteiger partial charge on any atom is -0.458 e. The van der Waals surface area contributed by atoms with Crippen molar-refractivity contribution in [2.45, 2.75) is 32.5 Å². The van der Waals surface area contributed by atoms with Gasteiger partial charge in [0.15, 0.2) is 6.10 Å². The molecule has 4 heteroatoms. The van der Waals surface area contributed by atoms with Crippen molar-refractivity contribution in [1.29, 1.82) is 0 Å². The topological polar surface area (TPSA) is 72.5 Å². The van der Waals surface area contributed by atoms with Gasteiger partial charge in [-0.2, -0.15) is 0 Å². The minimum atomic E-state index is -1.33. The van der Waals surface area contributed by atoms with Gasteiger partial charge in [-0.25, -0.2) is 4.79 Å². The van der Waals surface area contributed by atoms with Gasteiger partial charge in [0.05, 0.1) is 0 Å². The van der Waals surface area contributed by atoms with Crippen LogP contribution in [0.3, 0.4) is 0 Å². The molecule has 88 valence electrons. The third-order valence-electron chi connectivity index (χ3n) is 1.92. The van der Waals surface area contributed by atoms with Crippen molar-refractivity contribution in [2.24, 2.45) is 0 Å². The highest BCUT2D eigenvalue weighted by Crippen LogP contribution is 2.22. The van der Waals surface area contributed by atoms with E-state index in [1.54, 1.807) is 45.0 Å². The Bertz CT molecular complexity index is 382. The molecule has 1 aromatic rings. The average Bonchev–Trinajstić information content (AvgIpc) is 2.15. The van der Waals surface area contributed by atoms with Crippen molar-refractivity contribution in [3.63, 3.8) is 0 Å². The fourth-order valence-corrected chi connectivity index (χ4v) is 1.24. The van der Waals surface area contributed by atoms with Gasteiger partial charge in [0.2, 0.25) is 0 Å². The number of esters is 1. The van der Waals surface area contributed by atoms with E-state index >= 15 is 0 Å². The maximum absolute atomic E-state index is 11.6. The zero-order valence-corrected chi connectivity index (χ0v) is 9.73. The third-order valence-corrected chi connectivity index (χ3v) is 1.92. The van der Waals surface area contributed by atoms with E-state index in [0.717, 1.165) is 0 Å². The van der Waals surface area contributed by atoms with Crippen LogP contribution in [0, 0.1) is 0 Å². The first-order chi connectivity index (χ1) is 7.31. The second kappa shape index (κ2) is 4.53. The Labute approximate surface area is 95.0 Å². The second-order valence-electron chi connectivity index (χ2n) is 4.56. The first kappa shape index (κ1) is 12.5. The maximum atomic E-state index is 11.6. The molecule has 0 spiro atoms. The van der Waals surface area contributed by atoms with Crippen molar-refractivity contribution in [3.8, 4) is 0 Å². The molecule has 16 heavy (non-hydrogen) atoms. The van der Waals surface area contributed by atoms with Crippen LogP contribution in [0.1, 0.15) is 32.4 Å². The van der Waals surface area contributed by atoms with E-state index in [2.05, 4.69) is 0 Å². The highest BCUT2D eigenvalue weighted by Gasteiger charge is 2.25. The van der Waals surface area contributed by atoms with Crippen LogP contribution in [0.5, 0.6) is 0 Å². The normalized spacial score (nSPS) is 13.2. The molecule has 0 heterocycles. The first-order valence-corrected chi connectivity index (χ1v) is 5.06. The van der Waals surface area contributed by atoms with Crippen LogP contribution in [0.2, 0.25) is 0 Å². The van der Waals surface area contributed by atoms with Crippen molar-refractivity contribution in [2.75, 3.05) is 5.73 Å². The maximum Gasteiger partial charge on any atom is 0.340 e. The lowest BCUT2D eigenvalue weighted by Gasteiger charge is -2.22. The average molecular weight is 223 g/mol. The van der Waals surface area contributed by atoms with E-state index in [0.29, 0.717) is 11.3 Å². The summed E-state index contributed by atoms with van der Waals surface area (Å²) in [5.74, 6) is -0.689. The van der Waals surface area contributed by atoms with E-state index in [1.165, 1.54) is 0 Å². The Balaban J connectivity index is 2.83. The van der Waals surface area contributed by atoms with Gasteiger partial charge in [0, 0.05) is 11.3 Å². The van der Waals surface area contributed by atoms with Crippen molar-refractivity contribution in [1.82, 2.24) is 0 Å². The molecule has 0 aliphatic carbocycles. The van der Waals surface area contributed by atoms with Gasteiger partial charge in [-0.1, -0.05) is 18.2 Å². The number of hydrogen-bond acceptors (Lipinski definition) is 4. The zero-order chi connectivity index (χ0) is 12.3. The summed E-state index contributed by atoms with van der Waals surface area (Å²) in [7, 11) is 0. The van der Waals surface area contributed by atoms with Gasteiger partial charge in [0.25, 0.3) is 0 Å². The summed E-state index contributed by atoms with van der Waals surface area (Å²) in [6, 6.07) is 6.67. The molecule has 0 fully saturated rings. The van der Waals surface area contributed by atoms with Crippen molar-refractivity contribution < 1.29 is 14.6 Å². The molecule has 0 bridgehead atoms. The van der Waals surface area contributed by atoms with E-state index in [4.69, 9.17) is 10.5 Å². The molecule has 0 radical (unpaired) electrons. The summed E-state index contributed by atoms with van der Waals surface area (Å²) < 4.78 is 5.06. The van der Waals surface area contributed by atoms with Crippen LogP contribution in [0.25, 0.3) is 0 Å². The van der Waals surface area contributed by atoms with Crippen LogP contribution < -0.4 is 5.73 Å². The molecule has 0 amide bonds. The number of aliphatic hydroxyl groups excluding tert-OH is 1. The van der Waals surface area contributed by atoms with E-state index in [-0.39, 0.29) is 0 Å². The largest absolute Gasteiger partial charge is 0.458 e. The van der Waals surface area contributed by atoms with Gasteiger partial charge in [-0.05, 0) is 26.8 Å². The monoisotopic (exact) mass is 223 g/mol. The van der Waals surface area contributed by atoms with Gasteiger partial charge in [-0.3, -0.25) is 0 Å². The Kier molecular flexibility index (Phi) is 3.55. The number of ether oxygens (including phenoxy) is 1. The van der Waals surface area contributed by atoms with Crippen LogP contribution in [-0.2, 0) is 9.53 Å². The van der Waals surface area contributed by atoms with Crippen LogP contribution >= 0.6 is 0 Å². The zero-order valence-electron chi connectivity index (χ0n) is 9.73. The highest BCUT2D eigenvalue weighted by atomic mass is 16.6. The Morgan fingerprint density at radius 2 is 1.94 bits per heavy atom. The second-order valence-corrected chi connectivity index (χ2v) is 4.56. The lowest BCUT2D eigenvalue weighted by atomic mass is 10.1. The number of carbonyl (C=O) groups is 1. The molecule has 1 unspecified atom stereocenters. The number of benzene rings is 1. The molecular formula is C12H17NO3. The van der Waals surface area contributed by atoms with Gasteiger partial charge in [-0.15, -0.1) is 0 Å². The lowest BCUT2D eigenvalue weighted by molar-refractivity contribution is -0.165. The molecule has 0 aliphatic rings. The number of carbonyl (C=O) groups excluding carboxylic acids is 1. The predicted molar refractivity (Wildman–Crippen MR) is 61.7 cm³/mol. The summed E-state index contributed by atoms with van der Waals surface area (Å²) in [5.41, 5.74) is 5.78. The van der Waals surface area contributed by atoms with E-state index < -0.39 is 17.7 Å². The number of nitrogens with two attached hydrogens (primary N) is 1. The molecule has 1 atom stereocenters. The Morgan fingerprint density at radius 1 is 1.38 bits per heavy atom. The smallest absolute Gasteiger partial charge is 0.340 e. The molecule has 0 aliphatic heterocycles. The third kappa shape index (κ3) is 3.24. The summed E-state index contributed by atoms with van der Waals surface area (Å²) in [4.78, 5) is 11.6. The van der Waals surface area contributed by atoms with Crippen LogP contribution in [0.15, 0.2) is 24.3 Å². The number of nitrogen functional groups attached to an aromatic ring is 1. The number of para-hydroxylation sites is 1.